The van der Waals surface area contributed by atoms with Crippen molar-refractivity contribution in [1.29, 1.82) is 0 Å². The van der Waals surface area contributed by atoms with E-state index in [0.29, 0.717) is 10.6 Å². The number of thiazole rings is 1. The predicted molar refractivity (Wildman–Crippen MR) is 78.5 cm³/mol. The lowest BCUT2D eigenvalue weighted by Gasteiger charge is -2.03. The highest BCUT2D eigenvalue weighted by Crippen LogP contribution is 2.15. The van der Waals surface area contributed by atoms with E-state index in [1.54, 1.807) is 23.9 Å². The Hall–Kier alpha value is -1.86. The monoisotopic (exact) mass is 308 g/mol. The summed E-state index contributed by atoms with van der Waals surface area (Å²) >= 11 is 2.82. The molecule has 0 saturated heterocycles. The lowest BCUT2D eigenvalue weighted by molar-refractivity contribution is 0.0691. The number of nitrogens with zero attached hydrogens (tertiary/aromatic N) is 1. The van der Waals surface area contributed by atoms with Gasteiger partial charge in [0.05, 0.1) is 6.54 Å². The van der Waals surface area contributed by atoms with Gasteiger partial charge in [-0.25, -0.2) is 9.78 Å². The zero-order valence-electron chi connectivity index (χ0n) is 10.6. The van der Waals surface area contributed by atoms with Crippen molar-refractivity contribution in [3.8, 4) is 0 Å². The highest BCUT2D eigenvalue weighted by molar-refractivity contribution is 7.98. The second-order valence-corrected chi connectivity index (χ2v) is 5.67. The predicted octanol–water partition coefficient (Wildman–Crippen LogP) is 2.49. The molecule has 0 atom stereocenters. The fourth-order valence-corrected chi connectivity index (χ4v) is 2.61. The molecular formula is C13H12N2O3S2. The molecule has 0 aliphatic heterocycles. The molecule has 0 unspecified atom stereocenters. The van der Waals surface area contributed by atoms with Crippen LogP contribution in [0.3, 0.4) is 0 Å². The minimum absolute atomic E-state index is 0.00331. The summed E-state index contributed by atoms with van der Waals surface area (Å²) in [4.78, 5) is 27.6. The molecule has 0 radical (unpaired) electrons. The maximum absolute atomic E-state index is 11.9. The number of aromatic nitrogens is 1. The normalized spacial score (nSPS) is 10.2. The van der Waals surface area contributed by atoms with Gasteiger partial charge in [-0.15, -0.1) is 23.1 Å². The van der Waals surface area contributed by atoms with Crippen molar-refractivity contribution in [1.82, 2.24) is 10.3 Å². The molecule has 104 valence electrons. The average molecular weight is 308 g/mol. The number of thioether (sulfide) groups is 1. The largest absolute Gasteiger partial charge is 0.476 e. The van der Waals surface area contributed by atoms with Gasteiger partial charge in [0, 0.05) is 15.8 Å². The van der Waals surface area contributed by atoms with Crippen molar-refractivity contribution in [3.05, 3.63) is 45.9 Å². The number of aromatic carboxylic acids is 1. The first kappa shape index (κ1) is 14.5. The molecule has 1 heterocycles. The summed E-state index contributed by atoms with van der Waals surface area (Å²) in [7, 11) is 0. The van der Waals surface area contributed by atoms with Crippen molar-refractivity contribution in [2.24, 2.45) is 0 Å². The Morgan fingerprint density at radius 3 is 2.60 bits per heavy atom. The van der Waals surface area contributed by atoms with Crippen LogP contribution in [0, 0.1) is 0 Å². The number of amides is 1. The molecule has 0 bridgehead atoms. The molecule has 1 amide bonds. The molecule has 2 aromatic rings. The average Bonchev–Trinajstić information content (AvgIpc) is 2.94. The quantitative estimate of drug-likeness (QED) is 0.830. The smallest absolute Gasteiger partial charge is 0.355 e. The van der Waals surface area contributed by atoms with Gasteiger partial charge in [0.25, 0.3) is 5.91 Å². The Balaban J connectivity index is 1.95. The first-order valence-electron chi connectivity index (χ1n) is 5.70. The van der Waals surface area contributed by atoms with E-state index in [1.165, 1.54) is 16.7 Å². The number of nitrogens with one attached hydrogen (secondary N) is 1. The third-order valence-corrected chi connectivity index (χ3v) is 4.12. The maximum atomic E-state index is 11.9. The highest BCUT2D eigenvalue weighted by atomic mass is 32.2. The zero-order valence-corrected chi connectivity index (χ0v) is 12.3. The van der Waals surface area contributed by atoms with Crippen LogP contribution >= 0.6 is 23.1 Å². The first-order chi connectivity index (χ1) is 9.60. The Bertz CT molecular complexity index is 623. The Morgan fingerprint density at radius 1 is 1.35 bits per heavy atom. The fourth-order valence-electron chi connectivity index (χ4n) is 1.49. The van der Waals surface area contributed by atoms with Crippen LogP contribution in [-0.2, 0) is 6.54 Å². The molecule has 2 N–H and O–H groups in total. The van der Waals surface area contributed by atoms with Gasteiger partial charge < -0.3 is 10.4 Å². The van der Waals surface area contributed by atoms with Crippen LogP contribution in [-0.4, -0.2) is 28.2 Å². The van der Waals surface area contributed by atoms with E-state index in [-0.39, 0.29) is 18.1 Å². The molecule has 0 saturated carbocycles. The van der Waals surface area contributed by atoms with Crippen molar-refractivity contribution in [2.75, 3.05) is 6.26 Å². The number of hydrogen-bond acceptors (Lipinski definition) is 5. The summed E-state index contributed by atoms with van der Waals surface area (Å²) in [5.41, 5.74) is 0.571. The second kappa shape index (κ2) is 6.53. The van der Waals surface area contributed by atoms with Crippen LogP contribution in [0.5, 0.6) is 0 Å². The Morgan fingerprint density at radius 2 is 2.05 bits per heavy atom. The van der Waals surface area contributed by atoms with E-state index in [4.69, 9.17) is 5.11 Å². The highest BCUT2D eigenvalue weighted by Gasteiger charge is 2.10. The summed E-state index contributed by atoms with van der Waals surface area (Å²) in [5, 5.41) is 13.5. The molecular weight excluding hydrogens is 296 g/mol. The van der Waals surface area contributed by atoms with Crippen LogP contribution < -0.4 is 5.32 Å². The van der Waals surface area contributed by atoms with Gasteiger partial charge >= 0.3 is 5.97 Å². The summed E-state index contributed by atoms with van der Waals surface area (Å²) in [6, 6.07) is 7.27. The van der Waals surface area contributed by atoms with Crippen molar-refractivity contribution >= 4 is 35.0 Å². The number of carbonyl (C=O) groups is 2. The van der Waals surface area contributed by atoms with Crippen molar-refractivity contribution in [2.45, 2.75) is 11.4 Å². The molecule has 20 heavy (non-hydrogen) atoms. The Kier molecular flexibility index (Phi) is 4.75. The van der Waals surface area contributed by atoms with Gasteiger partial charge in [0.2, 0.25) is 0 Å². The molecule has 5 nitrogen and oxygen atoms in total. The number of carboxylic acid groups (broad SMARTS) is 1. The minimum Gasteiger partial charge on any atom is -0.476 e. The van der Waals surface area contributed by atoms with Crippen molar-refractivity contribution < 1.29 is 14.7 Å². The standard InChI is InChI=1S/C13H12N2O3S2/c1-19-9-4-2-8(3-5-9)12(16)14-6-11-15-10(7-20-11)13(17)18/h2-5,7H,6H2,1H3,(H,14,16)(H,17,18). The Labute approximate surface area is 124 Å². The van der Waals surface area contributed by atoms with E-state index < -0.39 is 5.97 Å². The van der Waals surface area contributed by atoms with Crippen LogP contribution in [0.15, 0.2) is 34.5 Å². The number of benzene rings is 1. The molecule has 1 aromatic carbocycles. The van der Waals surface area contributed by atoms with Crippen LogP contribution in [0.2, 0.25) is 0 Å². The molecule has 1 aromatic heterocycles. The number of carbonyl (C=O) groups excluding carboxylic acids is 1. The van der Waals surface area contributed by atoms with Gasteiger partial charge in [-0.05, 0) is 30.5 Å². The van der Waals surface area contributed by atoms with Gasteiger partial charge in [-0.3, -0.25) is 4.79 Å². The third-order valence-electron chi connectivity index (χ3n) is 2.52. The second-order valence-electron chi connectivity index (χ2n) is 3.84. The van der Waals surface area contributed by atoms with Crippen LogP contribution in [0.1, 0.15) is 25.9 Å². The molecule has 7 heteroatoms. The lowest BCUT2D eigenvalue weighted by atomic mass is 10.2. The van der Waals surface area contributed by atoms with Crippen LogP contribution in [0.4, 0.5) is 0 Å². The first-order valence-corrected chi connectivity index (χ1v) is 7.80. The fraction of sp³-hybridized carbons (Fsp3) is 0.154. The van der Waals surface area contributed by atoms with E-state index in [1.807, 2.05) is 18.4 Å². The van der Waals surface area contributed by atoms with Gasteiger partial charge in [0.15, 0.2) is 5.69 Å². The topological polar surface area (TPSA) is 79.3 Å². The van der Waals surface area contributed by atoms with E-state index in [0.717, 1.165) is 4.90 Å². The van der Waals surface area contributed by atoms with E-state index in [9.17, 15) is 9.59 Å². The number of hydrogen-bond donors (Lipinski definition) is 2. The lowest BCUT2D eigenvalue weighted by Crippen LogP contribution is -2.22. The summed E-state index contributed by atoms with van der Waals surface area (Å²) in [5.74, 6) is -1.27. The molecule has 0 aliphatic rings. The van der Waals surface area contributed by atoms with Gasteiger partial charge in [-0.2, -0.15) is 0 Å². The number of carboxylic acids is 1. The molecule has 0 spiro atoms. The summed E-state index contributed by atoms with van der Waals surface area (Å²) < 4.78 is 0. The minimum atomic E-state index is -1.06. The van der Waals surface area contributed by atoms with Crippen LogP contribution in [0.25, 0.3) is 0 Å². The van der Waals surface area contributed by atoms with E-state index >= 15 is 0 Å². The third kappa shape index (κ3) is 3.58. The maximum Gasteiger partial charge on any atom is 0.355 e. The number of rotatable bonds is 5. The van der Waals surface area contributed by atoms with Gasteiger partial charge in [-0.1, -0.05) is 0 Å². The van der Waals surface area contributed by atoms with E-state index in [2.05, 4.69) is 10.3 Å². The summed E-state index contributed by atoms with van der Waals surface area (Å²) in [6.07, 6.45) is 1.97. The zero-order chi connectivity index (χ0) is 14.5. The van der Waals surface area contributed by atoms with Crippen molar-refractivity contribution in [3.63, 3.8) is 0 Å². The SMILES string of the molecule is CSc1ccc(C(=O)NCc2nc(C(=O)O)cs2)cc1. The van der Waals surface area contributed by atoms with Gasteiger partial charge in [0.1, 0.15) is 5.01 Å². The molecule has 0 fully saturated rings. The molecule has 0 aliphatic carbocycles. The molecule has 2 rings (SSSR count). The summed E-state index contributed by atoms with van der Waals surface area (Å²) in [6.45, 7) is 0.223.